The fourth-order valence-electron chi connectivity index (χ4n) is 1.92. The molecule has 0 saturated heterocycles. The van der Waals surface area contributed by atoms with E-state index in [1.165, 1.54) is 11.5 Å². The molecule has 0 amide bonds. The third-order valence-corrected chi connectivity index (χ3v) is 2.68. The molecule has 0 aliphatic carbocycles. The van der Waals surface area contributed by atoms with Crippen LogP contribution >= 0.6 is 0 Å². The largest absolute Gasteiger partial charge is 0.443 e. The van der Waals surface area contributed by atoms with E-state index >= 15 is 0 Å². The predicted octanol–water partition coefficient (Wildman–Crippen LogP) is 3.63. The van der Waals surface area contributed by atoms with Gasteiger partial charge in [-0.05, 0) is 33.8 Å². The van der Waals surface area contributed by atoms with Crippen molar-refractivity contribution in [3.8, 4) is 0 Å². The molecule has 2 rings (SSSR count). The van der Waals surface area contributed by atoms with E-state index in [4.69, 9.17) is 4.74 Å². The van der Waals surface area contributed by atoms with Gasteiger partial charge < -0.3 is 4.74 Å². The number of hydrogen-bond donors (Lipinski definition) is 0. The molecule has 0 spiro atoms. The first kappa shape index (κ1) is 13.3. The van der Waals surface area contributed by atoms with Gasteiger partial charge in [-0.25, -0.2) is 4.79 Å². The van der Waals surface area contributed by atoms with Gasteiger partial charge in [0.05, 0.1) is 5.52 Å². The number of para-hydroxylation sites is 1. The molecule has 4 nitrogen and oxygen atoms in total. The van der Waals surface area contributed by atoms with E-state index in [0.717, 1.165) is 5.39 Å². The zero-order valence-corrected chi connectivity index (χ0v) is 11.6. The number of aromatic nitrogens is 1. The van der Waals surface area contributed by atoms with Crippen molar-refractivity contribution in [1.82, 2.24) is 4.57 Å². The van der Waals surface area contributed by atoms with Gasteiger partial charge in [-0.3, -0.25) is 9.36 Å². The van der Waals surface area contributed by atoms with Crippen LogP contribution in [-0.4, -0.2) is 22.0 Å². The van der Waals surface area contributed by atoms with Crippen LogP contribution in [0.5, 0.6) is 0 Å². The molecule has 0 saturated carbocycles. The molecule has 0 aliphatic heterocycles. The van der Waals surface area contributed by atoms with E-state index in [1.54, 1.807) is 12.3 Å². The predicted molar refractivity (Wildman–Crippen MR) is 73.6 cm³/mol. The minimum Gasteiger partial charge on any atom is -0.443 e. The van der Waals surface area contributed by atoms with Crippen molar-refractivity contribution in [1.29, 1.82) is 0 Å². The monoisotopic (exact) mass is 259 g/mol. The second-order valence-corrected chi connectivity index (χ2v) is 5.47. The van der Waals surface area contributed by atoms with Gasteiger partial charge in [0.1, 0.15) is 5.60 Å². The summed E-state index contributed by atoms with van der Waals surface area (Å²) >= 11 is 0. The summed E-state index contributed by atoms with van der Waals surface area (Å²) in [6.45, 7) is 6.91. The Morgan fingerprint density at radius 3 is 2.37 bits per heavy atom. The van der Waals surface area contributed by atoms with E-state index in [1.807, 2.05) is 39.0 Å². The highest BCUT2D eigenvalue weighted by molar-refractivity contribution is 6.08. The Morgan fingerprint density at radius 1 is 1.16 bits per heavy atom. The summed E-state index contributed by atoms with van der Waals surface area (Å²) in [5, 5.41) is 0.765. The molecule has 0 unspecified atom stereocenters. The van der Waals surface area contributed by atoms with Crippen molar-refractivity contribution in [2.45, 2.75) is 33.3 Å². The quantitative estimate of drug-likeness (QED) is 0.735. The van der Waals surface area contributed by atoms with Gasteiger partial charge in [0.15, 0.2) is 5.78 Å². The highest BCUT2D eigenvalue weighted by Gasteiger charge is 2.21. The molecular weight excluding hydrogens is 242 g/mol. The molecule has 0 radical (unpaired) electrons. The number of nitrogens with zero attached hydrogens (tertiary/aromatic N) is 1. The zero-order valence-electron chi connectivity index (χ0n) is 11.6. The summed E-state index contributed by atoms with van der Waals surface area (Å²) in [6.07, 6.45) is 1.07. The maximum absolute atomic E-state index is 12.1. The van der Waals surface area contributed by atoms with Crippen LogP contribution in [0, 0.1) is 0 Å². The Bertz CT molecular complexity index is 647. The lowest BCUT2D eigenvalue weighted by molar-refractivity contribution is 0.0544. The van der Waals surface area contributed by atoms with Crippen LogP contribution < -0.4 is 0 Å². The Kier molecular flexibility index (Phi) is 3.18. The van der Waals surface area contributed by atoms with Crippen LogP contribution in [0.4, 0.5) is 4.79 Å². The topological polar surface area (TPSA) is 48.3 Å². The third-order valence-electron chi connectivity index (χ3n) is 2.68. The van der Waals surface area contributed by atoms with Gasteiger partial charge in [-0.1, -0.05) is 18.2 Å². The lowest BCUT2D eigenvalue weighted by Gasteiger charge is -2.19. The molecule has 0 N–H and O–H groups in total. The summed E-state index contributed by atoms with van der Waals surface area (Å²) in [6, 6.07) is 7.29. The average molecular weight is 259 g/mol. The standard InChI is InChI=1S/C15H17NO3/c1-10(17)12-9-16(14(18)19-15(2,3)4)13-8-6-5-7-11(12)13/h5-9H,1-4H3. The summed E-state index contributed by atoms with van der Waals surface area (Å²) in [7, 11) is 0. The second-order valence-electron chi connectivity index (χ2n) is 5.47. The number of Topliss-reactive ketones (excluding diaryl/α,β-unsaturated/α-hetero) is 1. The molecule has 2 aromatic rings. The lowest BCUT2D eigenvalue weighted by atomic mass is 10.1. The molecule has 19 heavy (non-hydrogen) atoms. The SMILES string of the molecule is CC(=O)c1cn(C(=O)OC(C)(C)C)c2ccccc12. The first-order valence-electron chi connectivity index (χ1n) is 6.14. The van der Waals surface area contributed by atoms with Gasteiger partial charge in [-0.15, -0.1) is 0 Å². The van der Waals surface area contributed by atoms with Gasteiger partial charge in [0, 0.05) is 17.1 Å². The van der Waals surface area contributed by atoms with Crippen LogP contribution in [-0.2, 0) is 4.74 Å². The van der Waals surface area contributed by atoms with E-state index in [9.17, 15) is 9.59 Å². The Labute approximate surface area is 112 Å². The first-order valence-corrected chi connectivity index (χ1v) is 6.14. The fourth-order valence-corrected chi connectivity index (χ4v) is 1.92. The number of carbonyl (C=O) groups excluding carboxylic acids is 2. The van der Waals surface area contributed by atoms with Crippen molar-refractivity contribution >= 4 is 22.8 Å². The van der Waals surface area contributed by atoms with E-state index in [0.29, 0.717) is 11.1 Å². The van der Waals surface area contributed by atoms with Crippen molar-refractivity contribution in [3.05, 3.63) is 36.0 Å². The van der Waals surface area contributed by atoms with Gasteiger partial charge >= 0.3 is 6.09 Å². The first-order chi connectivity index (χ1) is 8.79. The highest BCUT2D eigenvalue weighted by atomic mass is 16.6. The number of hydrogen-bond acceptors (Lipinski definition) is 3. The van der Waals surface area contributed by atoms with Gasteiger partial charge in [-0.2, -0.15) is 0 Å². The molecule has 1 heterocycles. The van der Waals surface area contributed by atoms with E-state index in [-0.39, 0.29) is 5.78 Å². The summed E-state index contributed by atoms with van der Waals surface area (Å²) in [4.78, 5) is 23.8. The Hall–Kier alpha value is -2.10. The maximum Gasteiger partial charge on any atom is 0.419 e. The number of rotatable bonds is 1. The normalized spacial score (nSPS) is 11.6. The van der Waals surface area contributed by atoms with Crippen LogP contribution in [0.2, 0.25) is 0 Å². The number of benzene rings is 1. The molecule has 1 aromatic carbocycles. The summed E-state index contributed by atoms with van der Waals surface area (Å²) < 4.78 is 6.72. The zero-order chi connectivity index (χ0) is 14.2. The minimum atomic E-state index is -0.571. The highest BCUT2D eigenvalue weighted by Crippen LogP contribution is 2.23. The molecule has 0 bridgehead atoms. The lowest BCUT2D eigenvalue weighted by Crippen LogP contribution is -2.26. The molecule has 0 atom stereocenters. The average Bonchev–Trinajstić information content (AvgIpc) is 2.66. The molecule has 1 aromatic heterocycles. The maximum atomic E-state index is 12.1. The van der Waals surface area contributed by atoms with Crippen LogP contribution in [0.1, 0.15) is 38.1 Å². The Balaban J connectivity index is 2.55. The second kappa shape index (κ2) is 4.53. The Morgan fingerprint density at radius 2 is 1.79 bits per heavy atom. The summed E-state index contributed by atoms with van der Waals surface area (Å²) in [5.74, 6) is -0.0708. The molecule has 0 aliphatic rings. The third kappa shape index (κ3) is 2.67. The smallest absolute Gasteiger partial charge is 0.419 e. The van der Waals surface area contributed by atoms with Crippen LogP contribution in [0.25, 0.3) is 10.9 Å². The fraction of sp³-hybridized carbons (Fsp3) is 0.333. The number of ether oxygens (including phenoxy) is 1. The molecule has 100 valence electrons. The van der Waals surface area contributed by atoms with Crippen LogP contribution in [0.3, 0.4) is 0 Å². The van der Waals surface area contributed by atoms with Gasteiger partial charge in [0.25, 0.3) is 0 Å². The van der Waals surface area contributed by atoms with E-state index < -0.39 is 11.7 Å². The van der Waals surface area contributed by atoms with E-state index in [2.05, 4.69) is 0 Å². The van der Waals surface area contributed by atoms with Crippen molar-refractivity contribution in [2.75, 3.05) is 0 Å². The van der Waals surface area contributed by atoms with Crippen molar-refractivity contribution in [3.63, 3.8) is 0 Å². The number of fused-ring (bicyclic) bond motifs is 1. The molecule has 0 fully saturated rings. The van der Waals surface area contributed by atoms with Crippen molar-refractivity contribution in [2.24, 2.45) is 0 Å². The van der Waals surface area contributed by atoms with Crippen LogP contribution in [0.15, 0.2) is 30.5 Å². The molecule has 4 heteroatoms. The molecular formula is C15H17NO3. The van der Waals surface area contributed by atoms with Crippen molar-refractivity contribution < 1.29 is 14.3 Å². The number of ketones is 1. The number of carbonyl (C=O) groups is 2. The minimum absolute atomic E-state index is 0.0708. The summed E-state index contributed by atoms with van der Waals surface area (Å²) in [5.41, 5.74) is 0.641. The van der Waals surface area contributed by atoms with Gasteiger partial charge in [0.2, 0.25) is 0 Å².